The lowest BCUT2D eigenvalue weighted by Crippen LogP contribution is -2.24. The maximum absolute atomic E-state index is 11.8. The Bertz CT molecular complexity index is 467. The van der Waals surface area contributed by atoms with Gasteiger partial charge in [-0.1, -0.05) is 0 Å². The van der Waals surface area contributed by atoms with Crippen LogP contribution in [0.15, 0.2) is 17.0 Å². The Balaban J connectivity index is 2.04. The smallest absolute Gasteiger partial charge is 0.255 e. The number of amides is 1. The number of hydrogen-bond donors (Lipinski definition) is 2. The Kier molecular flexibility index (Phi) is 2.72. The van der Waals surface area contributed by atoms with Crippen molar-refractivity contribution < 1.29 is 9.21 Å². The van der Waals surface area contributed by atoms with Crippen LogP contribution in [0.5, 0.6) is 0 Å². The molecule has 0 radical (unpaired) electrons. The van der Waals surface area contributed by atoms with Crippen molar-refractivity contribution >= 4 is 5.91 Å². The summed E-state index contributed by atoms with van der Waals surface area (Å²) >= 11 is 0. The van der Waals surface area contributed by atoms with Crippen LogP contribution in [0.1, 0.15) is 27.5 Å². The maximum Gasteiger partial charge on any atom is 0.255 e. The first kappa shape index (κ1) is 10.4. The molecule has 2 rings (SSSR count). The van der Waals surface area contributed by atoms with E-state index < -0.39 is 0 Å². The molecule has 2 aromatic rings. The maximum atomic E-state index is 11.8. The van der Waals surface area contributed by atoms with Crippen LogP contribution >= 0.6 is 0 Å². The zero-order valence-electron chi connectivity index (χ0n) is 9.07. The van der Waals surface area contributed by atoms with Gasteiger partial charge in [-0.15, -0.1) is 0 Å². The van der Waals surface area contributed by atoms with Crippen molar-refractivity contribution in [1.29, 1.82) is 0 Å². The Labute approximate surface area is 92.1 Å². The first-order valence-corrected chi connectivity index (χ1v) is 4.85. The van der Waals surface area contributed by atoms with Crippen molar-refractivity contribution in [3.05, 3.63) is 35.3 Å². The summed E-state index contributed by atoms with van der Waals surface area (Å²) in [5.74, 6) is 1.07. The number of nitrogens with one attached hydrogen (secondary N) is 2. The second-order valence-electron chi connectivity index (χ2n) is 3.46. The molecular weight excluding hydrogens is 208 g/mol. The Morgan fingerprint density at radius 2 is 2.38 bits per heavy atom. The molecule has 2 heterocycles. The first-order valence-electron chi connectivity index (χ1n) is 4.85. The minimum atomic E-state index is -0.167. The fourth-order valence-electron chi connectivity index (χ4n) is 1.48. The van der Waals surface area contributed by atoms with E-state index in [0.29, 0.717) is 23.7 Å². The van der Waals surface area contributed by atoms with Gasteiger partial charge < -0.3 is 9.73 Å². The number of aryl methyl sites for hydroxylation is 2. The van der Waals surface area contributed by atoms with Gasteiger partial charge in [0, 0.05) is 5.56 Å². The van der Waals surface area contributed by atoms with Gasteiger partial charge in [-0.25, -0.2) is 4.98 Å². The molecule has 2 aromatic heterocycles. The van der Waals surface area contributed by atoms with Gasteiger partial charge in [0.2, 0.25) is 0 Å². The van der Waals surface area contributed by atoms with Crippen molar-refractivity contribution in [2.45, 2.75) is 20.4 Å². The molecule has 0 saturated heterocycles. The van der Waals surface area contributed by atoms with Crippen LogP contribution in [-0.4, -0.2) is 21.1 Å². The van der Waals surface area contributed by atoms with Crippen molar-refractivity contribution in [2.24, 2.45) is 0 Å². The zero-order chi connectivity index (χ0) is 11.5. The number of H-pyrrole nitrogens is 1. The molecule has 0 unspecified atom stereocenters. The van der Waals surface area contributed by atoms with E-state index in [1.807, 2.05) is 6.92 Å². The van der Waals surface area contributed by atoms with Crippen LogP contribution in [0.4, 0.5) is 0 Å². The standard InChI is InChI=1S/C10H12N4O2/c1-6-4-16-7(2)9(6)10(15)11-3-8-12-5-13-14-8/h4-5H,3H2,1-2H3,(H,11,15)(H,12,13,14). The van der Waals surface area contributed by atoms with Gasteiger partial charge in [-0.2, -0.15) is 5.10 Å². The first-order chi connectivity index (χ1) is 7.68. The highest BCUT2D eigenvalue weighted by Gasteiger charge is 2.15. The normalized spacial score (nSPS) is 10.4. The molecule has 84 valence electrons. The summed E-state index contributed by atoms with van der Waals surface area (Å²) in [5, 5.41) is 9.10. The monoisotopic (exact) mass is 220 g/mol. The summed E-state index contributed by atoms with van der Waals surface area (Å²) in [6.07, 6.45) is 2.97. The van der Waals surface area contributed by atoms with Crippen LogP contribution in [0.3, 0.4) is 0 Å². The van der Waals surface area contributed by atoms with Crippen LogP contribution in [0.25, 0.3) is 0 Å². The topological polar surface area (TPSA) is 83.8 Å². The quantitative estimate of drug-likeness (QED) is 0.806. The van der Waals surface area contributed by atoms with E-state index in [2.05, 4.69) is 20.5 Å². The van der Waals surface area contributed by atoms with Crippen LogP contribution in [0, 0.1) is 13.8 Å². The fraction of sp³-hybridized carbons (Fsp3) is 0.300. The highest BCUT2D eigenvalue weighted by atomic mass is 16.3. The van der Waals surface area contributed by atoms with Crippen molar-refractivity contribution in [3.63, 3.8) is 0 Å². The molecule has 0 spiro atoms. The summed E-state index contributed by atoms with van der Waals surface area (Å²) in [5.41, 5.74) is 1.41. The van der Waals surface area contributed by atoms with E-state index in [-0.39, 0.29) is 5.91 Å². The number of nitrogens with zero attached hydrogens (tertiary/aromatic N) is 2. The minimum absolute atomic E-state index is 0.167. The summed E-state index contributed by atoms with van der Waals surface area (Å²) in [6, 6.07) is 0. The van der Waals surface area contributed by atoms with Gasteiger partial charge in [0.15, 0.2) is 0 Å². The van der Waals surface area contributed by atoms with Crippen LogP contribution in [0.2, 0.25) is 0 Å². The minimum Gasteiger partial charge on any atom is -0.469 e. The third kappa shape index (κ3) is 1.95. The molecule has 0 bridgehead atoms. The number of rotatable bonds is 3. The Morgan fingerprint density at radius 1 is 1.56 bits per heavy atom. The van der Waals surface area contributed by atoms with Crippen LogP contribution in [-0.2, 0) is 6.54 Å². The van der Waals surface area contributed by atoms with Gasteiger partial charge in [0.1, 0.15) is 17.9 Å². The fourth-order valence-corrected chi connectivity index (χ4v) is 1.48. The van der Waals surface area contributed by atoms with E-state index in [1.54, 1.807) is 13.2 Å². The number of hydrogen-bond acceptors (Lipinski definition) is 4. The van der Waals surface area contributed by atoms with E-state index in [0.717, 1.165) is 5.56 Å². The molecule has 2 N–H and O–H groups in total. The van der Waals surface area contributed by atoms with Gasteiger partial charge in [0.05, 0.1) is 18.4 Å². The average Bonchev–Trinajstić information content (AvgIpc) is 2.86. The summed E-state index contributed by atoms with van der Waals surface area (Å²) in [7, 11) is 0. The van der Waals surface area contributed by atoms with Crippen molar-refractivity contribution in [1.82, 2.24) is 20.5 Å². The highest BCUT2D eigenvalue weighted by Crippen LogP contribution is 2.14. The third-order valence-corrected chi connectivity index (χ3v) is 2.27. The lowest BCUT2D eigenvalue weighted by molar-refractivity contribution is 0.0948. The van der Waals surface area contributed by atoms with Crippen molar-refractivity contribution in [2.75, 3.05) is 0 Å². The molecule has 6 heteroatoms. The van der Waals surface area contributed by atoms with E-state index >= 15 is 0 Å². The van der Waals surface area contributed by atoms with Crippen molar-refractivity contribution in [3.8, 4) is 0 Å². The second kappa shape index (κ2) is 4.18. The average molecular weight is 220 g/mol. The van der Waals surface area contributed by atoms with Gasteiger partial charge in [-0.3, -0.25) is 9.89 Å². The molecule has 6 nitrogen and oxygen atoms in total. The predicted molar refractivity (Wildman–Crippen MR) is 55.7 cm³/mol. The largest absolute Gasteiger partial charge is 0.469 e. The molecule has 0 aliphatic heterocycles. The van der Waals surface area contributed by atoms with E-state index in [1.165, 1.54) is 6.33 Å². The zero-order valence-corrected chi connectivity index (χ0v) is 9.07. The number of furan rings is 1. The number of carbonyl (C=O) groups excluding carboxylic acids is 1. The van der Waals surface area contributed by atoms with Gasteiger partial charge in [0.25, 0.3) is 5.91 Å². The number of aromatic amines is 1. The molecule has 0 saturated carbocycles. The summed E-state index contributed by atoms with van der Waals surface area (Å²) in [4.78, 5) is 15.7. The molecule has 16 heavy (non-hydrogen) atoms. The number of carbonyl (C=O) groups is 1. The van der Waals surface area contributed by atoms with Gasteiger partial charge >= 0.3 is 0 Å². The molecule has 0 aliphatic rings. The van der Waals surface area contributed by atoms with E-state index in [9.17, 15) is 4.79 Å². The van der Waals surface area contributed by atoms with Gasteiger partial charge in [-0.05, 0) is 13.8 Å². The molecule has 1 amide bonds. The summed E-state index contributed by atoms with van der Waals surface area (Å²) in [6.45, 7) is 3.92. The third-order valence-electron chi connectivity index (χ3n) is 2.27. The molecule has 0 aromatic carbocycles. The Morgan fingerprint density at radius 3 is 2.94 bits per heavy atom. The lowest BCUT2D eigenvalue weighted by Gasteiger charge is -2.02. The predicted octanol–water partition coefficient (Wildman–Crippen LogP) is 0.945. The van der Waals surface area contributed by atoms with E-state index in [4.69, 9.17) is 4.42 Å². The Hall–Kier alpha value is -2.11. The SMILES string of the molecule is Cc1coc(C)c1C(=O)NCc1ncn[nH]1. The molecule has 0 aliphatic carbocycles. The highest BCUT2D eigenvalue weighted by molar-refractivity contribution is 5.96. The summed E-state index contributed by atoms with van der Waals surface area (Å²) < 4.78 is 5.16. The lowest BCUT2D eigenvalue weighted by atomic mass is 10.1. The van der Waals surface area contributed by atoms with Crippen LogP contribution < -0.4 is 5.32 Å². The molecular formula is C10H12N4O2. The molecule has 0 fully saturated rings. The number of aromatic nitrogens is 3. The second-order valence-corrected chi connectivity index (χ2v) is 3.46. The molecule has 0 atom stereocenters.